The van der Waals surface area contributed by atoms with Crippen molar-refractivity contribution >= 4 is 29.1 Å². The molecule has 4 nitrogen and oxygen atoms in total. The number of benzene rings is 3. The predicted octanol–water partition coefficient (Wildman–Crippen LogP) is 7.81. The summed E-state index contributed by atoms with van der Waals surface area (Å²) in [6, 6.07) is 20.5. The van der Waals surface area contributed by atoms with Gasteiger partial charge in [0.2, 0.25) is 5.91 Å². The van der Waals surface area contributed by atoms with Crippen LogP contribution in [0.25, 0.3) is 11.1 Å². The third kappa shape index (κ3) is 7.73. The van der Waals surface area contributed by atoms with Gasteiger partial charge in [0.1, 0.15) is 5.75 Å². The molecule has 0 radical (unpaired) electrons. The summed E-state index contributed by atoms with van der Waals surface area (Å²) in [4.78, 5) is 11.4. The summed E-state index contributed by atoms with van der Waals surface area (Å²) in [7, 11) is 0. The van der Waals surface area contributed by atoms with Gasteiger partial charge in [0.15, 0.2) is 0 Å². The van der Waals surface area contributed by atoms with Crippen molar-refractivity contribution in [3.8, 4) is 16.9 Å². The van der Waals surface area contributed by atoms with E-state index in [1.165, 1.54) is 16.7 Å². The maximum absolute atomic E-state index is 11.4. The van der Waals surface area contributed by atoms with Crippen molar-refractivity contribution in [2.75, 3.05) is 6.54 Å². The van der Waals surface area contributed by atoms with E-state index in [4.69, 9.17) is 32.7 Å². The van der Waals surface area contributed by atoms with E-state index >= 15 is 0 Å². The molecule has 1 N–H and O–H groups in total. The highest BCUT2D eigenvalue weighted by Crippen LogP contribution is 2.33. The topological polar surface area (TPSA) is 47.6 Å². The van der Waals surface area contributed by atoms with Crippen LogP contribution in [0.2, 0.25) is 10.0 Å². The first kappa shape index (κ1) is 27.5. The largest absolute Gasteiger partial charge is 0.490 e. The number of nitrogens with one attached hydrogen (secondary N) is 1. The number of ether oxygens (including phenoxy) is 2. The molecule has 1 saturated carbocycles. The SMILES string of the molecule is CCc1cccc(-c2cc(OC3CCC(OCc4c(Cl)cccc4Cl)CC3)ccc2CCNC(C)=O)c1. The van der Waals surface area contributed by atoms with Gasteiger partial charge in [0.05, 0.1) is 18.8 Å². The average molecular weight is 541 g/mol. The Balaban J connectivity index is 1.39. The summed E-state index contributed by atoms with van der Waals surface area (Å²) in [6.45, 7) is 4.75. The molecule has 196 valence electrons. The van der Waals surface area contributed by atoms with Crippen LogP contribution in [0.4, 0.5) is 0 Å². The minimum Gasteiger partial charge on any atom is -0.490 e. The predicted molar refractivity (Wildman–Crippen MR) is 152 cm³/mol. The fourth-order valence-electron chi connectivity index (χ4n) is 4.83. The van der Waals surface area contributed by atoms with Gasteiger partial charge < -0.3 is 14.8 Å². The second-order valence-corrected chi connectivity index (χ2v) is 10.4. The molecule has 1 aliphatic rings. The second-order valence-electron chi connectivity index (χ2n) is 9.63. The Morgan fingerprint density at radius 3 is 2.35 bits per heavy atom. The second kappa shape index (κ2) is 13.3. The van der Waals surface area contributed by atoms with Crippen molar-refractivity contribution < 1.29 is 14.3 Å². The molecule has 0 heterocycles. The van der Waals surface area contributed by atoms with Crippen LogP contribution in [0.5, 0.6) is 5.75 Å². The van der Waals surface area contributed by atoms with E-state index in [0.717, 1.165) is 55.4 Å². The number of carbonyl (C=O) groups excluding carboxylic acids is 1. The molecule has 0 unspecified atom stereocenters. The standard InChI is InChI=1S/C31H35Cl2NO3/c1-3-22-6-4-7-24(18-22)28-19-27(11-10-23(28)16-17-34-21(2)35)37-26-14-12-25(13-15-26)36-20-29-30(32)8-5-9-31(29)33/h4-11,18-19,25-26H,3,12-17,20H2,1-2H3,(H,34,35). The number of aryl methyl sites for hydroxylation is 1. The van der Waals surface area contributed by atoms with E-state index < -0.39 is 0 Å². The maximum atomic E-state index is 11.4. The third-order valence-corrected chi connectivity index (χ3v) is 7.65. The molecule has 0 bridgehead atoms. The van der Waals surface area contributed by atoms with E-state index in [1.54, 1.807) is 6.92 Å². The van der Waals surface area contributed by atoms with Gasteiger partial charge in [-0.1, -0.05) is 66.5 Å². The van der Waals surface area contributed by atoms with Crippen LogP contribution in [-0.4, -0.2) is 24.7 Å². The molecule has 1 amide bonds. The fraction of sp³-hybridized carbons (Fsp3) is 0.387. The van der Waals surface area contributed by atoms with Crippen LogP contribution in [0, 0.1) is 0 Å². The van der Waals surface area contributed by atoms with Crippen LogP contribution in [-0.2, 0) is 29.0 Å². The quantitative estimate of drug-likeness (QED) is 0.285. The number of hydrogen-bond acceptors (Lipinski definition) is 3. The summed E-state index contributed by atoms with van der Waals surface area (Å²) in [5.41, 5.74) is 5.69. The Morgan fingerprint density at radius 1 is 0.946 bits per heavy atom. The van der Waals surface area contributed by atoms with Crippen LogP contribution in [0.15, 0.2) is 60.7 Å². The minimum atomic E-state index is -0.0102. The molecule has 1 aliphatic carbocycles. The Hall–Kier alpha value is -2.53. The van der Waals surface area contributed by atoms with E-state index in [0.29, 0.717) is 23.2 Å². The van der Waals surface area contributed by atoms with Crippen molar-refractivity contribution in [2.24, 2.45) is 0 Å². The summed E-state index contributed by atoms with van der Waals surface area (Å²) in [6.07, 6.45) is 5.83. The van der Waals surface area contributed by atoms with E-state index in [2.05, 4.69) is 54.7 Å². The molecule has 0 spiro atoms. The van der Waals surface area contributed by atoms with Gasteiger partial charge in [-0.2, -0.15) is 0 Å². The summed E-state index contributed by atoms with van der Waals surface area (Å²) in [5.74, 6) is 0.872. The van der Waals surface area contributed by atoms with Gasteiger partial charge in [-0.05, 0) is 85.0 Å². The highest BCUT2D eigenvalue weighted by molar-refractivity contribution is 6.35. The molecule has 3 aromatic carbocycles. The number of hydrogen-bond donors (Lipinski definition) is 1. The lowest BCUT2D eigenvalue weighted by molar-refractivity contribution is -0.118. The van der Waals surface area contributed by atoms with Crippen LogP contribution in [0.1, 0.15) is 56.2 Å². The minimum absolute atomic E-state index is 0.0102. The average Bonchev–Trinajstić information content (AvgIpc) is 2.90. The van der Waals surface area contributed by atoms with Crippen LogP contribution in [0.3, 0.4) is 0 Å². The number of carbonyl (C=O) groups is 1. The summed E-state index contributed by atoms with van der Waals surface area (Å²) < 4.78 is 12.6. The molecular formula is C31H35Cl2NO3. The van der Waals surface area contributed by atoms with Crippen LogP contribution < -0.4 is 10.1 Å². The number of halogens is 2. The number of amides is 1. The normalized spacial score (nSPS) is 17.4. The van der Waals surface area contributed by atoms with Gasteiger partial charge >= 0.3 is 0 Å². The Kier molecular flexibility index (Phi) is 9.90. The third-order valence-electron chi connectivity index (χ3n) is 6.94. The molecule has 37 heavy (non-hydrogen) atoms. The maximum Gasteiger partial charge on any atom is 0.216 e. The Bertz CT molecular complexity index is 1180. The number of rotatable bonds is 10. The molecule has 1 fully saturated rings. The van der Waals surface area contributed by atoms with Gasteiger partial charge in [0, 0.05) is 29.1 Å². The van der Waals surface area contributed by atoms with Crippen molar-refractivity contribution in [1.82, 2.24) is 5.32 Å². The zero-order valence-electron chi connectivity index (χ0n) is 21.6. The molecule has 4 rings (SSSR count). The smallest absolute Gasteiger partial charge is 0.216 e. The molecule has 0 atom stereocenters. The van der Waals surface area contributed by atoms with Gasteiger partial charge in [-0.25, -0.2) is 0 Å². The first-order valence-electron chi connectivity index (χ1n) is 13.1. The van der Waals surface area contributed by atoms with Crippen LogP contribution >= 0.6 is 23.2 Å². The first-order valence-corrected chi connectivity index (χ1v) is 13.9. The van der Waals surface area contributed by atoms with E-state index in [1.807, 2.05) is 18.2 Å². The first-order chi connectivity index (χ1) is 17.9. The van der Waals surface area contributed by atoms with Gasteiger partial charge in [-0.15, -0.1) is 0 Å². The molecule has 0 aromatic heterocycles. The molecule has 0 aliphatic heterocycles. The van der Waals surface area contributed by atoms with Gasteiger partial charge in [-0.3, -0.25) is 4.79 Å². The molecule has 3 aromatic rings. The van der Waals surface area contributed by atoms with Crippen molar-refractivity contribution in [1.29, 1.82) is 0 Å². The van der Waals surface area contributed by atoms with Gasteiger partial charge in [0.25, 0.3) is 0 Å². The molecule has 6 heteroatoms. The van der Waals surface area contributed by atoms with Crippen molar-refractivity contribution in [3.05, 3.63) is 87.4 Å². The Morgan fingerprint density at radius 2 is 1.65 bits per heavy atom. The summed E-state index contributed by atoms with van der Waals surface area (Å²) in [5, 5.41) is 4.20. The van der Waals surface area contributed by atoms with E-state index in [-0.39, 0.29) is 18.1 Å². The Labute approximate surface area is 230 Å². The monoisotopic (exact) mass is 539 g/mol. The summed E-state index contributed by atoms with van der Waals surface area (Å²) >= 11 is 12.6. The lowest BCUT2D eigenvalue weighted by atomic mass is 9.94. The lowest BCUT2D eigenvalue weighted by Gasteiger charge is -2.29. The zero-order chi connectivity index (χ0) is 26.2. The van der Waals surface area contributed by atoms with Crippen molar-refractivity contribution in [2.45, 2.75) is 71.2 Å². The fourth-order valence-corrected chi connectivity index (χ4v) is 5.33. The molecular weight excluding hydrogens is 505 g/mol. The molecule has 0 saturated heterocycles. The zero-order valence-corrected chi connectivity index (χ0v) is 23.1. The highest BCUT2D eigenvalue weighted by Gasteiger charge is 2.24. The lowest BCUT2D eigenvalue weighted by Crippen LogP contribution is -2.28. The van der Waals surface area contributed by atoms with Crippen molar-refractivity contribution in [3.63, 3.8) is 0 Å². The van der Waals surface area contributed by atoms with E-state index in [9.17, 15) is 4.79 Å². The highest BCUT2D eigenvalue weighted by atomic mass is 35.5.